The van der Waals surface area contributed by atoms with Crippen LogP contribution in [-0.2, 0) is 0 Å². The lowest BCUT2D eigenvalue weighted by Gasteiger charge is -1.86. The molecule has 0 saturated heterocycles. The number of rotatable bonds is 2. The Morgan fingerprint density at radius 1 is 0.722 bits per heavy atom. The summed E-state index contributed by atoms with van der Waals surface area (Å²) in [6.45, 7) is 0. The maximum atomic E-state index is 11.6. The summed E-state index contributed by atoms with van der Waals surface area (Å²) in [5.41, 5.74) is 0. The van der Waals surface area contributed by atoms with Crippen LogP contribution in [0.4, 0.5) is 17.6 Å². The third kappa shape index (κ3) is 4.37. The van der Waals surface area contributed by atoms with Crippen LogP contribution >= 0.6 is 24.4 Å². The van der Waals surface area contributed by atoms with Crippen LogP contribution in [0.1, 0.15) is 24.5 Å². The molecule has 100 valence electrons. The molecule has 0 bridgehead atoms. The molecule has 0 fully saturated rings. The molecular weight excluding hydrogens is 296 g/mol. The Kier molecular flexibility index (Phi) is 5.15. The van der Waals surface area contributed by atoms with E-state index in [1.54, 1.807) is 0 Å². The van der Waals surface area contributed by atoms with E-state index in [-0.39, 0.29) is 9.54 Å². The van der Waals surface area contributed by atoms with Gasteiger partial charge in [-0.25, -0.2) is 17.6 Å². The molecule has 0 aliphatic heterocycles. The monoisotopic (exact) mass is 302 g/mol. The Morgan fingerprint density at radius 2 is 1.06 bits per heavy atom. The molecule has 0 spiro atoms. The summed E-state index contributed by atoms with van der Waals surface area (Å²) in [6, 6.07) is 0. The molecule has 6 nitrogen and oxygen atoms in total. The van der Waals surface area contributed by atoms with Gasteiger partial charge < -0.3 is 0 Å². The van der Waals surface area contributed by atoms with Gasteiger partial charge in [0.25, 0.3) is 12.9 Å². The number of hydrogen-bond acceptors (Lipinski definition) is 4. The summed E-state index contributed by atoms with van der Waals surface area (Å²) in [7, 11) is 0. The van der Waals surface area contributed by atoms with Gasteiger partial charge in [-0.3, -0.25) is 20.4 Å². The minimum absolute atomic E-state index is 0.0466. The number of H-pyrrole nitrogens is 4. The lowest BCUT2D eigenvalue weighted by atomic mass is 10.7. The number of hydrogen-bond donors (Lipinski definition) is 4. The average Bonchev–Trinajstić information content (AvgIpc) is 2.88. The van der Waals surface area contributed by atoms with Crippen molar-refractivity contribution in [3.8, 4) is 0 Å². The molecule has 0 radical (unpaired) electrons. The van der Waals surface area contributed by atoms with E-state index < -0.39 is 24.5 Å². The zero-order valence-electron chi connectivity index (χ0n) is 8.38. The number of aromatic nitrogens is 6. The van der Waals surface area contributed by atoms with Crippen LogP contribution in [0.25, 0.3) is 0 Å². The fourth-order valence-electron chi connectivity index (χ4n) is 0.772. The predicted octanol–water partition coefficient (Wildman–Crippen LogP) is 2.81. The molecule has 0 atom stereocenters. The highest BCUT2D eigenvalue weighted by Gasteiger charge is 2.09. The van der Waals surface area contributed by atoms with Crippen molar-refractivity contribution in [2.45, 2.75) is 12.9 Å². The quantitative estimate of drug-likeness (QED) is 0.507. The maximum Gasteiger partial charge on any atom is 0.296 e. The van der Waals surface area contributed by atoms with Crippen LogP contribution in [0.2, 0.25) is 0 Å². The summed E-state index contributed by atoms with van der Waals surface area (Å²) in [5.74, 6) is -0.833. The van der Waals surface area contributed by atoms with Crippen molar-refractivity contribution in [3.05, 3.63) is 21.2 Å². The minimum atomic E-state index is -2.59. The second-order valence-corrected chi connectivity index (χ2v) is 3.48. The molecule has 2 aromatic heterocycles. The van der Waals surface area contributed by atoms with Crippen molar-refractivity contribution in [3.63, 3.8) is 0 Å². The summed E-state index contributed by atoms with van der Waals surface area (Å²) in [4.78, 5) is 6.53. The van der Waals surface area contributed by atoms with Crippen LogP contribution in [0.5, 0.6) is 0 Å². The van der Waals surface area contributed by atoms with Gasteiger partial charge >= 0.3 is 0 Å². The smallest absolute Gasteiger partial charge is 0.281 e. The topological polar surface area (TPSA) is 88.9 Å². The molecule has 2 rings (SSSR count). The molecule has 4 N–H and O–H groups in total. The third-order valence-electron chi connectivity index (χ3n) is 1.45. The Hall–Kier alpha value is -1.56. The molecule has 18 heavy (non-hydrogen) atoms. The second-order valence-electron chi connectivity index (χ2n) is 2.71. The van der Waals surface area contributed by atoms with Gasteiger partial charge in [-0.1, -0.05) is 0 Å². The van der Waals surface area contributed by atoms with E-state index >= 15 is 0 Å². The van der Waals surface area contributed by atoms with E-state index in [0.29, 0.717) is 0 Å². The highest BCUT2D eigenvalue weighted by atomic mass is 32.1. The van der Waals surface area contributed by atoms with E-state index in [9.17, 15) is 17.6 Å². The van der Waals surface area contributed by atoms with Crippen LogP contribution in [-0.4, -0.2) is 30.4 Å². The van der Waals surface area contributed by atoms with Crippen molar-refractivity contribution in [1.82, 2.24) is 30.4 Å². The minimum Gasteiger partial charge on any atom is -0.281 e. The first-order valence-corrected chi connectivity index (χ1v) is 5.07. The average molecular weight is 302 g/mol. The molecule has 0 unspecified atom stereocenters. The van der Waals surface area contributed by atoms with Gasteiger partial charge in [0, 0.05) is 0 Å². The van der Waals surface area contributed by atoms with Gasteiger partial charge in [0.15, 0.2) is 11.6 Å². The van der Waals surface area contributed by atoms with E-state index in [1.165, 1.54) is 0 Å². The molecule has 2 heterocycles. The van der Waals surface area contributed by atoms with Crippen molar-refractivity contribution in [2.75, 3.05) is 0 Å². The van der Waals surface area contributed by atoms with Gasteiger partial charge in [0.1, 0.15) is 0 Å². The Bertz CT molecular complexity index is 531. The molecule has 0 aliphatic rings. The zero-order chi connectivity index (χ0) is 13.7. The van der Waals surface area contributed by atoms with Crippen LogP contribution in [0, 0.1) is 9.54 Å². The summed E-state index contributed by atoms with van der Waals surface area (Å²) >= 11 is 8.84. The maximum absolute atomic E-state index is 11.6. The summed E-state index contributed by atoms with van der Waals surface area (Å²) in [5, 5.41) is 8.73. The molecule has 0 aromatic carbocycles. The van der Waals surface area contributed by atoms with E-state index in [1.807, 2.05) is 0 Å². The molecule has 0 amide bonds. The largest absolute Gasteiger partial charge is 0.296 e. The van der Waals surface area contributed by atoms with Gasteiger partial charge in [-0.2, -0.15) is 9.97 Å². The van der Waals surface area contributed by atoms with Crippen molar-refractivity contribution >= 4 is 24.4 Å². The molecule has 12 heteroatoms. The lowest BCUT2D eigenvalue weighted by molar-refractivity contribution is 0.140. The number of nitrogens with zero attached hydrogens (tertiary/aromatic N) is 2. The molecule has 0 saturated carbocycles. The summed E-state index contributed by atoms with van der Waals surface area (Å²) in [6.07, 6.45) is -5.17. The zero-order valence-corrected chi connectivity index (χ0v) is 10.0. The normalized spacial score (nSPS) is 10.6. The molecule has 2 aromatic rings. The Balaban J connectivity index is 0.000000180. The number of halogens is 4. The van der Waals surface area contributed by atoms with E-state index in [4.69, 9.17) is 0 Å². The van der Waals surface area contributed by atoms with Crippen LogP contribution in [0.3, 0.4) is 0 Å². The van der Waals surface area contributed by atoms with Gasteiger partial charge in [-0.15, -0.1) is 0 Å². The first kappa shape index (κ1) is 14.5. The van der Waals surface area contributed by atoms with Crippen molar-refractivity contribution in [2.24, 2.45) is 0 Å². The highest BCUT2D eigenvalue weighted by Crippen LogP contribution is 2.12. The Morgan fingerprint density at radius 3 is 1.17 bits per heavy atom. The fraction of sp³-hybridized carbons (Fsp3) is 0.333. The van der Waals surface area contributed by atoms with Gasteiger partial charge in [-0.05, 0) is 24.4 Å². The van der Waals surface area contributed by atoms with Gasteiger partial charge in [0.05, 0.1) is 0 Å². The lowest BCUT2D eigenvalue weighted by Crippen LogP contribution is -1.85. The fourth-order valence-corrected chi connectivity index (χ4v) is 1.07. The van der Waals surface area contributed by atoms with Crippen LogP contribution in [0.15, 0.2) is 0 Å². The third-order valence-corrected chi connectivity index (χ3v) is 1.84. The van der Waals surface area contributed by atoms with Gasteiger partial charge in [0.2, 0.25) is 9.54 Å². The standard InChI is InChI=1S/2C3H3F2N3S/c2*4-1(5)2-6-3(9)8-7-2/h2*1H,(H2,6,7,8,9). The van der Waals surface area contributed by atoms with E-state index in [0.717, 1.165) is 0 Å². The Labute approximate surface area is 107 Å². The van der Waals surface area contributed by atoms with Crippen molar-refractivity contribution in [1.29, 1.82) is 0 Å². The first-order valence-electron chi connectivity index (χ1n) is 4.25. The van der Waals surface area contributed by atoms with Crippen LogP contribution < -0.4 is 0 Å². The SMILES string of the molecule is FC(F)c1nc(=S)[nH][nH]1.FC(F)c1nc(=S)[nH][nH]1. The predicted molar refractivity (Wildman–Crippen MR) is 57.5 cm³/mol. The molecule has 0 aliphatic carbocycles. The second kappa shape index (κ2) is 6.39. The number of nitrogens with one attached hydrogen (secondary N) is 4. The highest BCUT2D eigenvalue weighted by molar-refractivity contribution is 7.71. The number of alkyl halides is 4. The van der Waals surface area contributed by atoms with Crippen molar-refractivity contribution < 1.29 is 17.6 Å². The first-order chi connectivity index (χ1) is 8.40. The molecular formula is C6H6F4N6S2. The number of aromatic amines is 4. The van der Waals surface area contributed by atoms with E-state index in [2.05, 4.69) is 54.8 Å². The summed E-state index contributed by atoms with van der Waals surface area (Å²) < 4.78 is 46.6.